The van der Waals surface area contributed by atoms with Crippen LogP contribution in [0.1, 0.15) is 10.4 Å². The smallest absolute Gasteiger partial charge is 0.231 e. The molecule has 0 saturated carbocycles. The average Bonchev–Trinajstić information content (AvgIpc) is 2.72. The third kappa shape index (κ3) is 3.07. The fraction of sp³-hybridized carbons (Fsp3) is 0.364. The summed E-state index contributed by atoms with van der Waals surface area (Å²) in [5.41, 5.74) is 6.85. The first-order valence-corrected chi connectivity index (χ1v) is 6.39. The van der Waals surface area contributed by atoms with Crippen LogP contribution in [0.2, 0.25) is 0 Å². The fourth-order valence-electron chi connectivity index (χ4n) is 1.43. The summed E-state index contributed by atoms with van der Waals surface area (Å²) in [4.78, 5) is 15.4. The van der Waals surface area contributed by atoms with E-state index in [0.29, 0.717) is 18.4 Å². The van der Waals surface area contributed by atoms with Gasteiger partial charge in [0, 0.05) is 25.5 Å². The maximum atomic E-state index is 5.64. The molecule has 0 radical (unpaired) electrons. The van der Waals surface area contributed by atoms with Gasteiger partial charge < -0.3 is 16.0 Å². The predicted octanol–water partition coefficient (Wildman–Crippen LogP) is 1.50. The number of nitrogens with zero attached hydrogens (tertiary/aromatic N) is 4. The van der Waals surface area contributed by atoms with Crippen molar-refractivity contribution < 1.29 is 0 Å². The third-order valence-electron chi connectivity index (χ3n) is 2.28. The highest BCUT2D eigenvalue weighted by Gasteiger charge is 2.06. The Kier molecular flexibility index (Phi) is 3.61. The molecule has 0 unspecified atom stereocenters. The molecular formula is C11H16N6S. The van der Waals surface area contributed by atoms with Gasteiger partial charge in [-0.2, -0.15) is 15.0 Å². The Morgan fingerprint density at radius 1 is 1.33 bits per heavy atom. The van der Waals surface area contributed by atoms with Crippen LogP contribution < -0.4 is 16.0 Å². The van der Waals surface area contributed by atoms with Gasteiger partial charge in [0.25, 0.3) is 0 Å². The highest BCUT2D eigenvalue weighted by Crippen LogP contribution is 2.15. The second-order valence-corrected chi connectivity index (χ2v) is 5.25. The van der Waals surface area contributed by atoms with Crippen LogP contribution in [-0.2, 0) is 6.54 Å². The lowest BCUT2D eigenvalue weighted by molar-refractivity contribution is 0.951. The lowest BCUT2D eigenvalue weighted by Gasteiger charge is -2.11. The number of hydrogen-bond acceptors (Lipinski definition) is 7. The van der Waals surface area contributed by atoms with Crippen molar-refractivity contribution in [2.45, 2.75) is 13.5 Å². The molecule has 0 fully saturated rings. The summed E-state index contributed by atoms with van der Waals surface area (Å²) in [7, 11) is 3.72. The van der Waals surface area contributed by atoms with Gasteiger partial charge in [-0.15, -0.1) is 11.3 Å². The van der Waals surface area contributed by atoms with Crippen LogP contribution in [0.15, 0.2) is 11.4 Å². The van der Waals surface area contributed by atoms with Crippen molar-refractivity contribution in [3.05, 3.63) is 21.9 Å². The first-order chi connectivity index (χ1) is 8.54. The summed E-state index contributed by atoms with van der Waals surface area (Å²) in [6, 6.07) is 2.13. The zero-order valence-electron chi connectivity index (χ0n) is 10.6. The maximum absolute atomic E-state index is 5.64. The topological polar surface area (TPSA) is 80.0 Å². The number of aromatic nitrogens is 3. The Morgan fingerprint density at radius 3 is 2.72 bits per heavy atom. The van der Waals surface area contributed by atoms with Gasteiger partial charge in [0.15, 0.2) is 0 Å². The molecule has 18 heavy (non-hydrogen) atoms. The van der Waals surface area contributed by atoms with Gasteiger partial charge in [-0.25, -0.2) is 0 Å². The molecule has 0 bridgehead atoms. The molecule has 2 aromatic rings. The van der Waals surface area contributed by atoms with Crippen LogP contribution in [0.4, 0.5) is 17.8 Å². The normalized spacial score (nSPS) is 10.4. The number of thiophene rings is 1. The van der Waals surface area contributed by atoms with Gasteiger partial charge >= 0.3 is 0 Å². The number of nitrogens with one attached hydrogen (secondary N) is 1. The Morgan fingerprint density at radius 2 is 2.11 bits per heavy atom. The quantitative estimate of drug-likeness (QED) is 0.871. The first kappa shape index (κ1) is 12.6. The predicted molar refractivity (Wildman–Crippen MR) is 74.9 cm³/mol. The molecular weight excluding hydrogens is 248 g/mol. The van der Waals surface area contributed by atoms with Gasteiger partial charge in [0.1, 0.15) is 0 Å². The van der Waals surface area contributed by atoms with E-state index in [9.17, 15) is 0 Å². The molecule has 0 atom stereocenters. The van der Waals surface area contributed by atoms with E-state index in [1.54, 1.807) is 16.2 Å². The average molecular weight is 264 g/mol. The Balaban J connectivity index is 2.09. The summed E-state index contributed by atoms with van der Waals surface area (Å²) >= 11 is 1.72. The van der Waals surface area contributed by atoms with Gasteiger partial charge in [-0.1, -0.05) is 0 Å². The maximum Gasteiger partial charge on any atom is 0.231 e. The van der Waals surface area contributed by atoms with E-state index >= 15 is 0 Å². The van der Waals surface area contributed by atoms with Crippen molar-refractivity contribution in [2.75, 3.05) is 30.0 Å². The molecule has 0 aliphatic heterocycles. The summed E-state index contributed by atoms with van der Waals surface area (Å²) in [6.07, 6.45) is 0. The van der Waals surface area contributed by atoms with Crippen molar-refractivity contribution in [3.8, 4) is 0 Å². The highest BCUT2D eigenvalue weighted by atomic mass is 32.1. The standard InChI is InChI=1S/C11H16N6S/c1-7-4-8(6-18-7)5-13-10-14-9(12)15-11(16-10)17(2)3/h4,6H,5H2,1-3H3,(H3,12,13,14,15,16). The summed E-state index contributed by atoms with van der Waals surface area (Å²) < 4.78 is 0. The minimum absolute atomic E-state index is 0.220. The molecule has 0 spiro atoms. The SMILES string of the molecule is Cc1cc(CNc2nc(N)nc(N(C)C)n2)cs1. The molecule has 0 aromatic carbocycles. The summed E-state index contributed by atoms with van der Waals surface area (Å²) in [5.74, 6) is 1.26. The van der Waals surface area contributed by atoms with E-state index in [1.165, 1.54) is 10.4 Å². The van der Waals surface area contributed by atoms with E-state index < -0.39 is 0 Å². The van der Waals surface area contributed by atoms with Crippen molar-refractivity contribution in [1.82, 2.24) is 15.0 Å². The molecule has 2 heterocycles. The summed E-state index contributed by atoms with van der Waals surface area (Å²) in [5, 5.41) is 5.26. The van der Waals surface area contributed by atoms with Crippen LogP contribution in [0.3, 0.4) is 0 Å². The van der Waals surface area contributed by atoms with Crippen LogP contribution in [0.25, 0.3) is 0 Å². The molecule has 0 amide bonds. The molecule has 2 rings (SSSR count). The number of rotatable bonds is 4. The number of aryl methyl sites for hydroxylation is 1. The molecule has 2 aromatic heterocycles. The van der Waals surface area contributed by atoms with Gasteiger partial charge in [0.05, 0.1) is 0 Å². The monoisotopic (exact) mass is 264 g/mol. The lowest BCUT2D eigenvalue weighted by Crippen LogP contribution is -2.16. The molecule has 0 saturated heterocycles. The van der Waals surface area contributed by atoms with Crippen LogP contribution in [-0.4, -0.2) is 29.0 Å². The third-order valence-corrected chi connectivity index (χ3v) is 3.19. The number of nitrogens with two attached hydrogens (primary N) is 1. The van der Waals surface area contributed by atoms with Crippen LogP contribution in [0.5, 0.6) is 0 Å². The number of anilines is 3. The van der Waals surface area contributed by atoms with E-state index in [2.05, 4.69) is 38.6 Å². The number of nitrogen functional groups attached to an aromatic ring is 1. The van der Waals surface area contributed by atoms with Crippen LogP contribution in [0, 0.1) is 6.92 Å². The van der Waals surface area contributed by atoms with Crippen molar-refractivity contribution in [2.24, 2.45) is 0 Å². The lowest BCUT2D eigenvalue weighted by atomic mass is 10.3. The second kappa shape index (κ2) is 5.18. The van der Waals surface area contributed by atoms with Gasteiger partial charge in [0.2, 0.25) is 17.8 Å². The molecule has 96 valence electrons. The zero-order chi connectivity index (χ0) is 13.1. The Labute approximate surface area is 110 Å². The minimum atomic E-state index is 0.220. The second-order valence-electron chi connectivity index (χ2n) is 4.13. The first-order valence-electron chi connectivity index (χ1n) is 5.51. The molecule has 7 heteroatoms. The molecule has 3 N–H and O–H groups in total. The van der Waals surface area contributed by atoms with Gasteiger partial charge in [-0.3, -0.25) is 0 Å². The molecule has 6 nitrogen and oxygen atoms in total. The van der Waals surface area contributed by atoms with E-state index in [1.807, 2.05) is 14.1 Å². The van der Waals surface area contributed by atoms with Gasteiger partial charge in [-0.05, 0) is 23.9 Å². The number of hydrogen-bond donors (Lipinski definition) is 2. The molecule has 0 aliphatic carbocycles. The Bertz CT molecular complexity index is 536. The Hall–Kier alpha value is -1.89. The fourth-order valence-corrected chi connectivity index (χ4v) is 2.14. The zero-order valence-corrected chi connectivity index (χ0v) is 11.5. The minimum Gasteiger partial charge on any atom is -0.368 e. The molecule has 0 aliphatic rings. The van der Waals surface area contributed by atoms with E-state index in [0.717, 1.165) is 0 Å². The summed E-state index contributed by atoms with van der Waals surface area (Å²) in [6.45, 7) is 2.76. The highest BCUT2D eigenvalue weighted by molar-refractivity contribution is 7.10. The van der Waals surface area contributed by atoms with Crippen molar-refractivity contribution in [1.29, 1.82) is 0 Å². The largest absolute Gasteiger partial charge is 0.368 e. The van der Waals surface area contributed by atoms with Crippen molar-refractivity contribution >= 4 is 29.2 Å². The van der Waals surface area contributed by atoms with E-state index in [-0.39, 0.29) is 5.95 Å². The van der Waals surface area contributed by atoms with Crippen molar-refractivity contribution in [3.63, 3.8) is 0 Å². The van der Waals surface area contributed by atoms with E-state index in [4.69, 9.17) is 5.73 Å². The van der Waals surface area contributed by atoms with Crippen LogP contribution >= 0.6 is 11.3 Å².